The van der Waals surface area contributed by atoms with E-state index in [4.69, 9.17) is 4.74 Å². The highest BCUT2D eigenvalue weighted by molar-refractivity contribution is 5.82. The van der Waals surface area contributed by atoms with Gasteiger partial charge in [-0.05, 0) is 49.8 Å². The second-order valence-electron chi connectivity index (χ2n) is 5.47. The quantitative estimate of drug-likeness (QED) is 0.747. The summed E-state index contributed by atoms with van der Waals surface area (Å²) >= 11 is 0. The Kier molecular flexibility index (Phi) is 4.45. The largest absolute Gasteiger partial charge is 0.497 e. The fraction of sp³-hybridized carbons (Fsp3) is 0.263. The van der Waals surface area contributed by atoms with Crippen LogP contribution in [-0.4, -0.2) is 25.3 Å². The minimum atomic E-state index is 0.333. The van der Waals surface area contributed by atoms with Gasteiger partial charge in [0.05, 0.1) is 13.2 Å². The highest BCUT2D eigenvalue weighted by atomic mass is 16.5. The molecule has 0 amide bonds. The van der Waals surface area contributed by atoms with Crippen molar-refractivity contribution in [3.63, 3.8) is 0 Å². The molecule has 114 valence electrons. The molecule has 1 aromatic heterocycles. The molecule has 0 saturated heterocycles. The Morgan fingerprint density at radius 2 is 1.91 bits per heavy atom. The summed E-state index contributed by atoms with van der Waals surface area (Å²) in [5.41, 5.74) is 2.58. The van der Waals surface area contributed by atoms with E-state index in [1.54, 1.807) is 7.11 Å². The minimum absolute atomic E-state index is 0.333. The van der Waals surface area contributed by atoms with Crippen LogP contribution in [0.15, 0.2) is 60.8 Å². The summed E-state index contributed by atoms with van der Waals surface area (Å²) in [4.78, 5) is 0. The van der Waals surface area contributed by atoms with Gasteiger partial charge in [-0.25, -0.2) is 0 Å². The number of rotatable bonds is 6. The van der Waals surface area contributed by atoms with Crippen molar-refractivity contribution in [2.45, 2.75) is 12.5 Å². The van der Waals surface area contributed by atoms with Crippen LogP contribution >= 0.6 is 0 Å². The van der Waals surface area contributed by atoms with Crippen LogP contribution in [0.4, 0.5) is 0 Å². The lowest BCUT2D eigenvalue weighted by Crippen LogP contribution is -2.17. The standard InChI is InChI=1S/C19H22N2O/c1-20-12-10-19(15-6-4-3-5-7-15)21-13-11-16-14-17(22-2)8-9-18(16)21/h3-9,11,13-14,19-20H,10,12H2,1-2H3. The van der Waals surface area contributed by atoms with Crippen LogP contribution in [0, 0.1) is 0 Å². The van der Waals surface area contributed by atoms with Crippen molar-refractivity contribution >= 4 is 10.9 Å². The van der Waals surface area contributed by atoms with Crippen molar-refractivity contribution in [3.05, 3.63) is 66.4 Å². The van der Waals surface area contributed by atoms with Crippen molar-refractivity contribution in [1.29, 1.82) is 0 Å². The van der Waals surface area contributed by atoms with Crippen LogP contribution in [-0.2, 0) is 0 Å². The van der Waals surface area contributed by atoms with Gasteiger partial charge >= 0.3 is 0 Å². The molecule has 0 aliphatic heterocycles. The van der Waals surface area contributed by atoms with Crippen molar-refractivity contribution in [3.8, 4) is 5.75 Å². The third-order valence-corrected chi connectivity index (χ3v) is 4.12. The van der Waals surface area contributed by atoms with E-state index < -0.39 is 0 Å². The molecule has 1 unspecified atom stereocenters. The summed E-state index contributed by atoms with van der Waals surface area (Å²) in [6, 6.07) is 19.4. The summed E-state index contributed by atoms with van der Waals surface area (Å²) in [6.45, 7) is 0.982. The van der Waals surface area contributed by atoms with Gasteiger partial charge in [0, 0.05) is 17.1 Å². The number of hydrogen-bond donors (Lipinski definition) is 1. The third-order valence-electron chi connectivity index (χ3n) is 4.12. The van der Waals surface area contributed by atoms with Gasteiger partial charge in [-0.1, -0.05) is 30.3 Å². The van der Waals surface area contributed by atoms with E-state index in [-0.39, 0.29) is 0 Å². The van der Waals surface area contributed by atoms with Crippen LogP contribution in [0.25, 0.3) is 10.9 Å². The van der Waals surface area contributed by atoms with Crippen LogP contribution in [0.1, 0.15) is 18.0 Å². The average molecular weight is 294 g/mol. The predicted octanol–water partition coefficient (Wildman–Crippen LogP) is 3.85. The molecule has 0 fully saturated rings. The van der Waals surface area contributed by atoms with Crippen molar-refractivity contribution in [2.24, 2.45) is 0 Å². The maximum Gasteiger partial charge on any atom is 0.119 e. The van der Waals surface area contributed by atoms with E-state index in [2.05, 4.69) is 64.6 Å². The van der Waals surface area contributed by atoms with Gasteiger partial charge in [0.2, 0.25) is 0 Å². The SMILES string of the molecule is CNCCC(c1ccccc1)n1ccc2cc(OC)ccc21. The van der Waals surface area contributed by atoms with Crippen LogP contribution < -0.4 is 10.1 Å². The highest BCUT2D eigenvalue weighted by Crippen LogP contribution is 2.29. The van der Waals surface area contributed by atoms with Crippen LogP contribution in [0.2, 0.25) is 0 Å². The molecule has 1 atom stereocenters. The summed E-state index contributed by atoms with van der Waals surface area (Å²) in [7, 11) is 3.71. The molecule has 2 aromatic carbocycles. The highest BCUT2D eigenvalue weighted by Gasteiger charge is 2.15. The number of methoxy groups -OCH3 is 1. The molecular formula is C19H22N2O. The fourth-order valence-electron chi connectivity index (χ4n) is 2.96. The second-order valence-corrected chi connectivity index (χ2v) is 5.47. The lowest BCUT2D eigenvalue weighted by Gasteiger charge is -2.21. The van der Waals surface area contributed by atoms with E-state index in [0.717, 1.165) is 18.7 Å². The first-order valence-corrected chi connectivity index (χ1v) is 7.67. The van der Waals surface area contributed by atoms with Crippen LogP contribution in [0.3, 0.4) is 0 Å². The molecule has 3 nitrogen and oxygen atoms in total. The number of benzene rings is 2. The average Bonchev–Trinajstić information content (AvgIpc) is 2.99. The number of aromatic nitrogens is 1. The number of ether oxygens (including phenoxy) is 1. The Bertz CT molecular complexity index is 734. The second kappa shape index (κ2) is 6.67. The van der Waals surface area contributed by atoms with Gasteiger partial charge in [0.1, 0.15) is 5.75 Å². The molecule has 1 N–H and O–H groups in total. The van der Waals surface area contributed by atoms with E-state index in [0.29, 0.717) is 6.04 Å². The molecular weight excluding hydrogens is 272 g/mol. The molecule has 3 aromatic rings. The van der Waals surface area contributed by atoms with Gasteiger partial charge in [0.15, 0.2) is 0 Å². The maximum absolute atomic E-state index is 5.32. The first-order chi connectivity index (χ1) is 10.8. The lowest BCUT2D eigenvalue weighted by molar-refractivity contribution is 0.415. The number of nitrogens with one attached hydrogen (secondary N) is 1. The number of hydrogen-bond acceptors (Lipinski definition) is 2. The zero-order valence-electron chi connectivity index (χ0n) is 13.1. The number of nitrogens with zero attached hydrogens (tertiary/aromatic N) is 1. The minimum Gasteiger partial charge on any atom is -0.497 e. The molecule has 22 heavy (non-hydrogen) atoms. The maximum atomic E-state index is 5.32. The summed E-state index contributed by atoms with van der Waals surface area (Å²) in [5.74, 6) is 0.900. The first-order valence-electron chi connectivity index (χ1n) is 7.67. The lowest BCUT2D eigenvalue weighted by atomic mass is 10.0. The Hall–Kier alpha value is -2.26. The normalized spacial score (nSPS) is 12.5. The van der Waals surface area contributed by atoms with E-state index in [9.17, 15) is 0 Å². The monoisotopic (exact) mass is 294 g/mol. The molecule has 1 heterocycles. The van der Waals surface area contributed by atoms with Crippen molar-refractivity contribution < 1.29 is 4.74 Å². The smallest absolute Gasteiger partial charge is 0.119 e. The first kappa shape index (κ1) is 14.7. The Morgan fingerprint density at radius 1 is 1.09 bits per heavy atom. The molecule has 0 aliphatic carbocycles. The Balaban J connectivity index is 2.04. The van der Waals surface area contributed by atoms with E-state index in [1.165, 1.54) is 16.5 Å². The van der Waals surface area contributed by atoms with Gasteiger partial charge in [-0.3, -0.25) is 0 Å². The van der Waals surface area contributed by atoms with Crippen molar-refractivity contribution in [2.75, 3.05) is 20.7 Å². The fourth-order valence-corrected chi connectivity index (χ4v) is 2.96. The van der Waals surface area contributed by atoms with E-state index in [1.807, 2.05) is 13.1 Å². The zero-order valence-corrected chi connectivity index (χ0v) is 13.1. The molecule has 0 radical (unpaired) electrons. The molecule has 3 heteroatoms. The summed E-state index contributed by atoms with van der Waals surface area (Å²) < 4.78 is 7.68. The zero-order chi connectivity index (χ0) is 15.4. The molecule has 0 aliphatic rings. The van der Waals surface area contributed by atoms with Crippen molar-refractivity contribution in [1.82, 2.24) is 9.88 Å². The van der Waals surface area contributed by atoms with Gasteiger partial charge in [-0.2, -0.15) is 0 Å². The predicted molar refractivity (Wildman–Crippen MR) is 91.6 cm³/mol. The van der Waals surface area contributed by atoms with Gasteiger partial charge < -0.3 is 14.6 Å². The summed E-state index contributed by atoms with van der Waals surface area (Å²) in [5, 5.41) is 4.48. The third kappa shape index (κ3) is 2.85. The molecule has 3 rings (SSSR count). The molecule has 0 spiro atoms. The summed E-state index contributed by atoms with van der Waals surface area (Å²) in [6.07, 6.45) is 3.23. The number of fused-ring (bicyclic) bond motifs is 1. The van der Waals surface area contributed by atoms with Crippen LogP contribution in [0.5, 0.6) is 5.75 Å². The van der Waals surface area contributed by atoms with Gasteiger partial charge in [0.25, 0.3) is 0 Å². The topological polar surface area (TPSA) is 26.2 Å². The Labute approximate surface area is 131 Å². The molecule has 0 saturated carbocycles. The van der Waals surface area contributed by atoms with Gasteiger partial charge in [-0.15, -0.1) is 0 Å². The van der Waals surface area contributed by atoms with E-state index >= 15 is 0 Å². The Morgan fingerprint density at radius 3 is 2.64 bits per heavy atom. The molecule has 0 bridgehead atoms.